The van der Waals surface area contributed by atoms with Crippen molar-refractivity contribution in [2.24, 2.45) is 12.5 Å². The summed E-state index contributed by atoms with van der Waals surface area (Å²) in [6.45, 7) is 6.18. The number of imidazole rings is 1. The van der Waals surface area contributed by atoms with Crippen LogP contribution < -0.4 is 5.32 Å². The van der Waals surface area contributed by atoms with E-state index in [1.54, 1.807) is 6.20 Å². The van der Waals surface area contributed by atoms with Crippen molar-refractivity contribution in [2.75, 3.05) is 0 Å². The lowest BCUT2D eigenvalue weighted by atomic mass is 9.91. The van der Waals surface area contributed by atoms with Crippen molar-refractivity contribution in [3.63, 3.8) is 0 Å². The summed E-state index contributed by atoms with van der Waals surface area (Å²) in [5.74, 6) is 0.878. The van der Waals surface area contributed by atoms with E-state index in [0.29, 0.717) is 6.42 Å². The molecule has 2 rings (SSSR count). The second-order valence-corrected chi connectivity index (χ2v) is 6.54. The molecule has 0 saturated carbocycles. The highest BCUT2D eigenvalue weighted by molar-refractivity contribution is 5.77. The minimum absolute atomic E-state index is 0.0348. The third-order valence-corrected chi connectivity index (χ3v) is 3.25. The zero-order chi connectivity index (χ0) is 15.5. The van der Waals surface area contributed by atoms with E-state index < -0.39 is 0 Å². The summed E-state index contributed by atoms with van der Waals surface area (Å²) in [7, 11) is 1.94. The molecule has 4 heteroatoms. The van der Waals surface area contributed by atoms with Crippen LogP contribution in [0.25, 0.3) is 0 Å². The van der Waals surface area contributed by atoms with Crippen LogP contribution in [-0.4, -0.2) is 15.5 Å². The summed E-state index contributed by atoms with van der Waals surface area (Å²) in [6.07, 6.45) is 4.13. The lowest BCUT2D eigenvalue weighted by molar-refractivity contribution is -0.123. The van der Waals surface area contributed by atoms with E-state index in [2.05, 4.69) is 31.1 Å². The van der Waals surface area contributed by atoms with Crippen LogP contribution in [-0.2, 0) is 11.8 Å². The van der Waals surface area contributed by atoms with Gasteiger partial charge in [-0.3, -0.25) is 4.79 Å². The van der Waals surface area contributed by atoms with Gasteiger partial charge in [-0.15, -0.1) is 0 Å². The summed E-state index contributed by atoms with van der Waals surface area (Å²) in [5, 5.41) is 3.11. The number of aryl methyl sites for hydroxylation is 1. The number of carbonyl (C=O) groups excluding carboxylic acids is 1. The van der Waals surface area contributed by atoms with Gasteiger partial charge in [0.05, 0.1) is 0 Å². The Morgan fingerprint density at radius 1 is 1.29 bits per heavy atom. The molecule has 1 amide bonds. The number of rotatable bonds is 4. The maximum Gasteiger partial charge on any atom is 0.221 e. The highest BCUT2D eigenvalue weighted by atomic mass is 16.1. The monoisotopic (exact) mass is 285 g/mol. The standard InChI is InChI=1S/C17H23N3O/c1-17(2,3)12-14(21)19-15(13-8-6-5-7-9-13)16-18-10-11-20(16)4/h5-11,15H,12H2,1-4H3,(H,19,21)/t15-/m1/s1. The first-order valence-electron chi connectivity index (χ1n) is 7.18. The number of amides is 1. The Labute approximate surface area is 126 Å². The molecule has 1 aromatic carbocycles. The van der Waals surface area contributed by atoms with Gasteiger partial charge in [-0.05, 0) is 11.0 Å². The Hall–Kier alpha value is -2.10. The fourth-order valence-corrected chi connectivity index (χ4v) is 2.29. The molecule has 0 aliphatic rings. The third kappa shape index (κ3) is 4.18. The maximum absolute atomic E-state index is 12.3. The molecule has 4 nitrogen and oxygen atoms in total. The molecule has 2 aromatic rings. The number of benzene rings is 1. The fraction of sp³-hybridized carbons (Fsp3) is 0.412. The first-order chi connectivity index (χ1) is 9.87. The van der Waals surface area contributed by atoms with Crippen molar-refractivity contribution in [1.29, 1.82) is 0 Å². The van der Waals surface area contributed by atoms with Crippen LogP contribution in [0.15, 0.2) is 42.7 Å². The van der Waals surface area contributed by atoms with Crippen LogP contribution in [0.4, 0.5) is 0 Å². The van der Waals surface area contributed by atoms with Crippen molar-refractivity contribution in [3.8, 4) is 0 Å². The molecule has 0 fully saturated rings. The SMILES string of the molecule is Cn1ccnc1[C@H](NC(=O)CC(C)(C)C)c1ccccc1. The van der Waals surface area contributed by atoms with Crippen molar-refractivity contribution in [3.05, 3.63) is 54.1 Å². The van der Waals surface area contributed by atoms with E-state index in [1.807, 2.05) is 48.1 Å². The molecule has 0 saturated heterocycles. The van der Waals surface area contributed by atoms with E-state index in [-0.39, 0.29) is 17.4 Å². The van der Waals surface area contributed by atoms with Gasteiger partial charge in [0.15, 0.2) is 0 Å². The van der Waals surface area contributed by atoms with Gasteiger partial charge in [0, 0.05) is 25.9 Å². The van der Waals surface area contributed by atoms with E-state index in [1.165, 1.54) is 0 Å². The predicted molar refractivity (Wildman–Crippen MR) is 83.7 cm³/mol. The highest BCUT2D eigenvalue weighted by Gasteiger charge is 2.23. The normalized spacial score (nSPS) is 13.0. The van der Waals surface area contributed by atoms with Crippen LogP contribution in [0, 0.1) is 5.41 Å². The fourth-order valence-electron chi connectivity index (χ4n) is 2.29. The molecule has 1 heterocycles. The van der Waals surface area contributed by atoms with Gasteiger partial charge < -0.3 is 9.88 Å². The zero-order valence-corrected chi connectivity index (χ0v) is 13.1. The highest BCUT2D eigenvalue weighted by Crippen LogP contribution is 2.23. The van der Waals surface area contributed by atoms with Crippen LogP contribution in [0.5, 0.6) is 0 Å². The molecule has 0 unspecified atom stereocenters. The maximum atomic E-state index is 12.3. The molecule has 0 radical (unpaired) electrons. The number of hydrogen-bond acceptors (Lipinski definition) is 2. The predicted octanol–water partition coefficient (Wildman–Crippen LogP) is 3.06. The Bertz CT molecular complexity index is 596. The second kappa shape index (κ2) is 6.12. The Balaban J connectivity index is 2.26. The Kier molecular flexibility index (Phi) is 4.46. The van der Waals surface area contributed by atoms with Gasteiger partial charge in [-0.1, -0.05) is 51.1 Å². The van der Waals surface area contributed by atoms with Crippen molar-refractivity contribution in [1.82, 2.24) is 14.9 Å². The molecular formula is C17H23N3O. The molecule has 1 atom stereocenters. The third-order valence-electron chi connectivity index (χ3n) is 3.25. The Morgan fingerprint density at radius 3 is 2.48 bits per heavy atom. The molecule has 112 valence electrons. The number of nitrogens with one attached hydrogen (secondary N) is 1. The lowest BCUT2D eigenvalue weighted by Crippen LogP contribution is -2.33. The topological polar surface area (TPSA) is 46.9 Å². The van der Waals surface area contributed by atoms with Crippen LogP contribution in [0.1, 0.15) is 44.6 Å². The minimum atomic E-state index is -0.221. The summed E-state index contributed by atoms with van der Waals surface area (Å²) in [6, 6.07) is 9.72. The van der Waals surface area contributed by atoms with E-state index in [0.717, 1.165) is 11.4 Å². The van der Waals surface area contributed by atoms with Crippen molar-refractivity contribution >= 4 is 5.91 Å². The van der Waals surface area contributed by atoms with E-state index in [4.69, 9.17) is 0 Å². The lowest BCUT2D eigenvalue weighted by Gasteiger charge is -2.22. The number of hydrogen-bond donors (Lipinski definition) is 1. The largest absolute Gasteiger partial charge is 0.342 e. The summed E-state index contributed by atoms with van der Waals surface area (Å²) >= 11 is 0. The minimum Gasteiger partial charge on any atom is -0.342 e. The van der Waals surface area contributed by atoms with Gasteiger partial charge in [0.25, 0.3) is 0 Å². The van der Waals surface area contributed by atoms with E-state index >= 15 is 0 Å². The first kappa shape index (κ1) is 15.3. The number of carbonyl (C=O) groups is 1. The van der Waals surface area contributed by atoms with Crippen LogP contribution in [0.3, 0.4) is 0 Å². The van der Waals surface area contributed by atoms with E-state index in [9.17, 15) is 4.79 Å². The zero-order valence-electron chi connectivity index (χ0n) is 13.1. The molecule has 1 N–H and O–H groups in total. The molecule has 0 aliphatic heterocycles. The average Bonchev–Trinajstić information content (AvgIpc) is 2.81. The molecular weight excluding hydrogens is 262 g/mol. The van der Waals surface area contributed by atoms with Crippen LogP contribution in [0.2, 0.25) is 0 Å². The Morgan fingerprint density at radius 2 is 1.95 bits per heavy atom. The second-order valence-electron chi connectivity index (χ2n) is 6.54. The van der Waals surface area contributed by atoms with Gasteiger partial charge in [0.2, 0.25) is 5.91 Å². The van der Waals surface area contributed by atoms with Gasteiger partial charge in [-0.2, -0.15) is 0 Å². The summed E-state index contributed by atoms with van der Waals surface area (Å²) in [4.78, 5) is 16.7. The van der Waals surface area contributed by atoms with Crippen molar-refractivity contribution in [2.45, 2.75) is 33.2 Å². The molecule has 0 spiro atoms. The molecule has 1 aromatic heterocycles. The van der Waals surface area contributed by atoms with Crippen molar-refractivity contribution < 1.29 is 4.79 Å². The molecule has 0 aliphatic carbocycles. The molecule has 0 bridgehead atoms. The van der Waals surface area contributed by atoms with Crippen LogP contribution >= 0.6 is 0 Å². The quantitative estimate of drug-likeness (QED) is 0.938. The average molecular weight is 285 g/mol. The summed E-state index contributed by atoms with van der Waals surface area (Å²) in [5.41, 5.74) is 1.00. The smallest absolute Gasteiger partial charge is 0.221 e. The van der Waals surface area contributed by atoms with Gasteiger partial charge in [-0.25, -0.2) is 4.98 Å². The number of aromatic nitrogens is 2. The summed E-state index contributed by atoms with van der Waals surface area (Å²) < 4.78 is 1.94. The molecule has 21 heavy (non-hydrogen) atoms. The first-order valence-corrected chi connectivity index (χ1v) is 7.18. The number of nitrogens with zero attached hydrogens (tertiary/aromatic N) is 2. The van der Waals surface area contributed by atoms with Gasteiger partial charge in [0.1, 0.15) is 11.9 Å². The van der Waals surface area contributed by atoms with Gasteiger partial charge >= 0.3 is 0 Å².